The van der Waals surface area contributed by atoms with E-state index in [2.05, 4.69) is 6.92 Å². The number of amides is 1. The van der Waals surface area contributed by atoms with Crippen LogP contribution < -0.4 is 4.74 Å². The first-order valence-electron chi connectivity index (χ1n) is 11.2. The smallest absolute Gasteiger partial charge is 0.295 e. The fourth-order valence-corrected chi connectivity index (χ4v) is 4.05. The van der Waals surface area contributed by atoms with E-state index in [1.807, 2.05) is 6.92 Å². The molecule has 2 aromatic rings. The highest BCUT2D eigenvalue weighted by Gasteiger charge is 2.45. The van der Waals surface area contributed by atoms with Crippen molar-refractivity contribution in [3.63, 3.8) is 0 Å². The molecule has 0 radical (unpaired) electrons. The van der Waals surface area contributed by atoms with E-state index in [-0.39, 0.29) is 11.3 Å². The number of ketones is 1. The zero-order valence-electron chi connectivity index (χ0n) is 19.3. The van der Waals surface area contributed by atoms with Crippen molar-refractivity contribution in [2.24, 2.45) is 0 Å². The molecule has 176 valence electrons. The number of aliphatic hydroxyl groups excluding tert-OH is 1. The van der Waals surface area contributed by atoms with Gasteiger partial charge in [-0.25, -0.2) is 0 Å². The first-order valence-corrected chi connectivity index (χ1v) is 11.5. The number of ether oxygens (including phenoxy) is 2. The molecule has 1 amide bonds. The van der Waals surface area contributed by atoms with Crippen LogP contribution in [0.1, 0.15) is 48.9 Å². The van der Waals surface area contributed by atoms with Crippen LogP contribution in [0, 0.1) is 6.92 Å². The Morgan fingerprint density at radius 1 is 1.09 bits per heavy atom. The third kappa shape index (κ3) is 5.57. The van der Waals surface area contributed by atoms with Crippen molar-refractivity contribution >= 4 is 29.1 Å². The normalized spacial score (nSPS) is 17.6. The minimum Gasteiger partial charge on any atom is -0.507 e. The summed E-state index contributed by atoms with van der Waals surface area (Å²) in [6.45, 7) is 5.38. The molecule has 0 bridgehead atoms. The Morgan fingerprint density at radius 2 is 1.82 bits per heavy atom. The Labute approximate surface area is 199 Å². The van der Waals surface area contributed by atoms with Crippen LogP contribution in [0.4, 0.5) is 0 Å². The van der Waals surface area contributed by atoms with Gasteiger partial charge >= 0.3 is 0 Å². The molecular weight excluding hydrogens is 442 g/mol. The number of carbonyl (C=O) groups excluding carboxylic acids is 2. The van der Waals surface area contributed by atoms with Gasteiger partial charge in [0.25, 0.3) is 11.7 Å². The van der Waals surface area contributed by atoms with Gasteiger partial charge in [0.2, 0.25) is 0 Å². The first-order chi connectivity index (χ1) is 15.9. The number of Topliss-reactive ketones (excluding diaryl/α,β-unsaturated/α-hetero) is 1. The Bertz CT molecular complexity index is 1030. The van der Waals surface area contributed by atoms with Crippen molar-refractivity contribution in [2.75, 3.05) is 26.9 Å². The molecule has 33 heavy (non-hydrogen) atoms. The monoisotopic (exact) mass is 471 g/mol. The molecule has 0 aromatic heterocycles. The summed E-state index contributed by atoms with van der Waals surface area (Å²) in [5.74, 6) is -0.811. The molecule has 1 N–H and O–H groups in total. The Kier molecular flexibility index (Phi) is 8.53. The lowest BCUT2D eigenvalue weighted by Gasteiger charge is -2.25. The summed E-state index contributed by atoms with van der Waals surface area (Å²) in [4.78, 5) is 27.4. The van der Waals surface area contributed by atoms with Crippen LogP contribution in [0.3, 0.4) is 0 Å². The molecule has 1 aliphatic heterocycles. The van der Waals surface area contributed by atoms with Gasteiger partial charge in [0.1, 0.15) is 11.5 Å². The molecular formula is C26H30ClNO5. The van der Waals surface area contributed by atoms with E-state index in [9.17, 15) is 14.7 Å². The average molecular weight is 472 g/mol. The molecule has 1 fully saturated rings. The van der Waals surface area contributed by atoms with E-state index in [0.717, 1.165) is 24.2 Å². The Morgan fingerprint density at radius 3 is 2.45 bits per heavy atom. The van der Waals surface area contributed by atoms with Crippen molar-refractivity contribution in [1.29, 1.82) is 0 Å². The van der Waals surface area contributed by atoms with E-state index in [1.54, 1.807) is 49.6 Å². The lowest BCUT2D eigenvalue weighted by Crippen LogP contribution is -2.31. The zero-order valence-corrected chi connectivity index (χ0v) is 20.0. The maximum absolute atomic E-state index is 13.0. The molecule has 0 unspecified atom stereocenters. The second-order valence-corrected chi connectivity index (χ2v) is 8.51. The third-order valence-electron chi connectivity index (χ3n) is 5.68. The molecule has 3 rings (SSSR count). The summed E-state index contributed by atoms with van der Waals surface area (Å²) in [5.41, 5.74) is 2.07. The zero-order chi connectivity index (χ0) is 24.0. The molecule has 1 saturated heterocycles. The van der Waals surface area contributed by atoms with Crippen molar-refractivity contribution in [1.82, 2.24) is 4.90 Å². The maximum Gasteiger partial charge on any atom is 0.295 e. The van der Waals surface area contributed by atoms with Gasteiger partial charge in [0.15, 0.2) is 0 Å². The van der Waals surface area contributed by atoms with Gasteiger partial charge < -0.3 is 19.5 Å². The second-order valence-electron chi connectivity index (χ2n) is 8.07. The van der Waals surface area contributed by atoms with Crippen LogP contribution in [0.15, 0.2) is 48.0 Å². The Hall–Kier alpha value is -2.83. The van der Waals surface area contributed by atoms with Gasteiger partial charge in [-0.2, -0.15) is 0 Å². The van der Waals surface area contributed by atoms with E-state index < -0.39 is 17.7 Å². The number of carbonyl (C=O) groups is 2. The number of nitrogens with zero attached hydrogens (tertiary/aromatic N) is 1. The summed E-state index contributed by atoms with van der Waals surface area (Å²) in [7, 11) is 1.59. The summed E-state index contributed by atoms with van der Waals surface area (Å²) < 4.78 is 10.9. The fourth-order valence-electron chi connectivity index (χ4n) is 3.92. The summed E-state index contributed by atoms with van der Waals surface area (Å²) in [6.07, 6.45) is 2.55. The third-order valence-corrected chi connectivity index (χ3v) is 5.93. The molecule has 0 aliphatic carbocycles. The van der Waals surface area contributed by atoms with Gasteiger partial charge in [-0.3, -0.25) is 9.59 Å². The molecule has 2 aromatic carbocycles. The number of methoxy groups -OCH3 is 1. The van der Waals surface area contributed by atoms with Crippen molar-refractivity contribution < 1.29 is 24.2 Å². The largest absolute Gasteiger partial charge is 0.507 e. The average Bonchev–Trinajstić information content (AvgIpc) is 3.05. The highest BCUT2D eigenvalue weighted by Crippen LogP contribution is 2.40. The molecule has 1 aliphatic rings. The van der Waals surface area contributed by atoms with Gasteiger partial charge in [0, 0.05) is 30.8 Å². The number of aliphatic hydroxyl groups is 1. The van der Waals surface area contributed by atoms with Gasteiger partial charge in [-0.15, -0.1) is 0 Å². The number of unbranched alkanes of at least 4 members (excludes halogenated alkanes) is 1. The number of rotatable bonds is 10. The predicted octanol–water partition coefficient (Wildman–Crippen LogP) is 5.29. The second kappa shape index (κ2) is 11.3. The number of halogens is 1. The number of hydrogen-bond donors (Lipinski definition) is 1. The van der Waals surface area contributed by atoms with Gasteiger partial charge in [-0.1, -0.05) is 37.1 Å². The van der Waals surface area contributed by atoms with Crippen LogP contribution in [0.2, 0.25) is 5.02 Å². The van der Waals surface area contributed by atoms with E-state index in [0.29, 0.717) is 42.3 Å². The van der Waals surface area contributed by atoms with E-state index in [4.69, 9.17) is 21.1 Å². The number of benzene rings is 2. The minimum atomic E-state index is -0.708. The fraction of sp³-hybridized carbons (Fsp3) is 0.385. The van der Waals surface area contributed by atoms with Crippen LogP contribution in [-0.2, 0) is 14.3 Å². The highest BCUT2D eigenvalue weighted by atomic mass is 35.5. The molecule has 1 heterocycles. The van der Waals surface area contributed by atoms with Crippen LogP contribution in [0.5, 0.6) is 5.75 Å². The standard InChI is InChI=1S/C26H30ClNO5/c1-4-5-15-33-21-12-9-19(16-17(21)2)24(29)22-23(18-7-10-20(27)11-8-18)28(13-6-14-32-3)26(31)25(22)30/h7-12,16,23,29H,4-6,13-15H2,1-3H3/t23-/m0/s1. The molecule has 7 heteroatoms. The summed E-state index contributed by atoms with van der Waals surface area (Å²) in [6, 6.07) is 11.5. The van der Waals surface area contributed by atoms with Crippen molar-refractivity contribution in [2.45, 2.75) is 39.2 Å². The SMILES string of the molecule is CCCCOc1ccc(C(O)=C2C(=O)C(=O)N(CCCOC)[C@H]2c2ccc(Cl)cc2)cc1C. The van der Waals surface area contributed by atoms with Gasteiger partial charge in [0.05, 0.1) is 18.2 Å². The minimum absolute atomic E-state index is 0.0683. The van der Waals surface area contributed by atoms with Gasteiger partial charge in [-0.05, 0) is 61.2 Å². The van der Waals surface area contributed by atoms with E-state index >= 15 is 0 Å². The number of hydrogen-bond acceptors (Lipinski definition) is 5. The molecule has 6 nitrogen and oxygen atoms in total. The van der Waals surface area contributed by atoms with Crippen LogP contribution in [0.25, 0.3) is 5.76 Å². The van der Waals surface area contributed by atoms with Crippen molar-refractivity contribution in [3.8, 4) is 5.75 Å². The van der Waals surface area contributed by atoms with E-state index in [1.165, 1.54) is 4.90 Å². The van der Waals surface area contributed by atoms with Crippen LogP contribution >= 0.6 is 11.6 Å². The molecule has 0 saturated carbocycles. The Balaban J connectivity index is 2.03. The lowest BCUT2D eigenvalue weighted by molar-refractivity contribution is -0.140. The first kappa shape index (κ1) is 24.8. The maximum atomic E-state index is 13.0. The number of likely N-dealkylation sites (tertiary alicyclic amines) is 1. The topological polar surface area (TPSA) is 76.1 Å². The lowest BCUT2D eigenvalue weighted by atomic mass is 9.94. The molecule has 1 atom stereocenters. The quantitative estimate of drug-likeness (QED) is 0.220. The van der Waals surface area contributed by atoms with Crippen molar-refractivity contribution in [3.05, 3.63) is 69.8 Å². The number of aryl methyl sites for hydroxylation is 1. The summed E-state index contributed by atoms with van der Waals surface area (Å²) in [5, 5.41) is 11.7. The summed E-state index contributed by atoms with van der Waals surface area (Å²) >= 11 is 6.05. The molecule has 0 spiro atoms. The predicted molar refractivity (Wildman–Crippen MR) is 129 cm³/mol. The highest BCUT2D eigenvalue weighted by molar-refractivity contribution is 6.46. The van der Waals surface area contributed by atoms with Crippen LogP contribution in [-0.4, -0.2) is 48.6 Å².